The number of nitrogens with zero attached hydrogens (tertiary/aromatic N) is 2. The third-order valence-electron chi connectivity index (χ3n) is 3.17. The van der Waals surface area contributed by atoms with Gasteiger partial charge in [0.2, 0.25) is 0 Å². The molecular formula is C18H13ClFN3. The highest BCUT2D eigenvalue weighted by Crippen LogP contribution is 2.19. The van der Waals surface area contributed by atoms with E-state index in [1.54, 1.807) is 12.3 Å². The van der Waals surface area contributed by atoms with Crippen LogP contribution in [0.4, 0.5) is 10.1 Å². The molecule has 5 heteroatoms. The minimum Gasteiger partial charge on any atom is -0.278 e. The fraction of sp³-hybridized carbons (Fsp3) is 0. The van der Waals surface area contributed by atoms with Crippen molar-refractivity contribution in [2.45, 2.75) is 0 Å². The minimum absolute atomic E-state index is 0.0456. The summed E-state index contributed by atoms with van der Waals surface area (Å²) in [6, 6.07) is 19.7. The molecule has 3 aromatic rings. The summed E-state index contributed by atoms with van der Waals surface area (Å²) >= 11 is 5.79. The van der Waals surface area contributed by atoms with Crippen molar-refractivity contribution in [1.82, 2.24) is 4.98 Å². The first-order chi connectivity index (χ1) is 11.2. The van der Waals surface area contributed by atoms with E-state index in [1.165, 1.54) is 12.1 Å². The van der Waals surface area contributed by atoms with Gasteiger partial charge in [-0.1, -0.05) is 48.0 Å². The molecule has 0 aliphatic rings. The van der Waals surface area contributed by atoms with Gasteiger partial charge in [0.05, 0.1) is 16.4 Å². The molecule has 0 saturated carbocycles. The summed E-state index contributed by atoms with van der Waals surface area (Å²) < 4.78 is 13.2. The Labute approximate surface area is 138 Å². The lowest BCUT2D eigenvalue weighted by Crippen LogP contribution is -2.08. The van der Waals surface area contributed by atoms with Gasteiger partial charge < -0.3 is 0 Å². The summed E-state index contributed by atoms with van der Waals surface area (Å²) in [5.74, 6) is -0.464. The number of benzene rings is 2. The molecule has 1 aromatic heterocycles. The van der Waals surface area contributed by atoms with Gasteiger partial charge in [0, 0.05) is 11.8 Å². The van der Waals surface area contributed by atoms with E-state index >= 15 is 0 Å². The maximum Gasteiger partial charge on any atom is 0.141 e. The van der Waals surface area contributed by atoms with Crippen molar-refractivity contribution in [2.75, 3.05) is 5.43 Å². The Kier molecular flexibility index (Phi) is 4.64. The van der Waals surface area contributed by atoms with Gasteiger partial charge in [-0.2, -0.15) is 5.10 Å². The van der Waals surface area contributed by atoms with E-state index in [0.717, 1.165) is 11.3 Å². The van der Waals surface area contributed by atoms with E-state index in [-0.39, 0.29) is 5.02 Å². The monoisotopic (exact) mass is 325 g/mol. The zero-order valence-corrected chi connectivity index (χ0v) is 12.8. The van der Waals surface area contributed by atoms with Gasteiger partial charge in [0.1, 0.15) is 11.5 Å². The zero-order valence-electron chi connectivity index (χ0n) is 12.1. The first-order valence-electron chi connectivity index (χ1n) is 6.99. The molecule has 23 heavy (non-hydrogen) atoms. The Morgan fingerprint density at radius 2 is 1.78 bits per heavy atom. The van der Waals surface area contributed by atoms with Gasteiger partial charge in [-0.3, -0.25) is 10.4 Å². The zero-order chi connectivity index (χ0) is 16.1. The van der Waals surface area contributed by atoms with E-state index in [1.807, 2.05) is 48.5 Å². The predicted octanol–water partition coefficient (Wildman–Crippen LogP) is 4.74. The molecule has 3 nitrogen and oxygen atoms in total. The fourth-order valence-electron chi connectivity index (χ4n) is 2.05. The van der Waals surface area contributed by atoms with Crippen molar-refractivity contribution in [3.8, 4) is 0 Å². The lowest BCUT2D eigenvalue weighted by molar-refractivity contribution is 0.628. The second-order valence-electron chi connectivity index (χ2n) is 4.78. The number of aromatic nitrogens is 1. The molecule has 0 aliphatic heterocycles. The van der Waals surface area contributed by atoms with Gasteiger partial charge in [-0.25, -0.2) is 4.39 Å². The lowest BCUT2D eigenvalue weighted by atomic mass is 10.1. The summed E-state index contributed by atoms with van der Waals surface area (Å²) in [6.07, 6.45) is 1.71. The Morgan fingerprint density at radius 3 is 2.48 bits per heavy atom. The Balaban J connectivity index is 1.96. The number of hydrogen-bond donors (Lipinski definition) is 1. The van der Waals surface area contributed by atoms with Gasteiger partial charge in [0.25, 0.3) is 0 Å². The van der Waals surface area contributed by atoms with Gasteiger partial charge in [-0.15, -0.1) is 0 Å². The molecule has 0 spiro atoms. The van der Waals surface area contributed by atoms with Crippen molar-refractivity contribution >= 4 is 23.0 Å². The van der Waals surface area contributed by atoms with Gasteiger partial charge in [0.15, 0.2) is 0 Å². The summed E-state index contributed by atoms with van der Waals surface area (Å²) in [7, 11) is 0. The van der Waals surface area contributed by atoms with E-state index in [0.29, 0.717) is 11.4 Å². The highest BCUT2D eigenvalue weighted by molar-refractivity contribution is 6.31. The number of anilines is 1. The van der Waals surface area contributed by atoms with Gasteiger partial charge in [-0.05, 0) is 30.3 Å². The second-order valence-corrected chi connectivity index (χ2v) is 5.19. The summed E-state index contributed by atoms with van der Waals surface area (Å²) in [5, 5.41) is 4.47. The van der Waals surface area contributed by atoms with Crippen molar-refractivity contribution in [3.05, 3.63) is 95.0 Å². The number of pyridine rings is 1. The average Bonchev–Trinajstić information content (AvgIpc) is 2.60. The van der Waals surface area contributed by atoms with Crippen LogP contribution in [0.2, 0.25) is 5.02 Å². The Bertz CT molecular complexity index is 779. The van der Waals surface area contributed by atoms with Crippen LogP contribution < -0.4 is 5.43 Å². The van der Waals surface area contributed by atoms with Crippen LogP contribution in [0, 0.1) is 5.82 Å². The van der Waals surface area contributed by atoms with Crippen LogP contribution >= 0.6 is 11.6 Å². The molecule has 0 bridgehead atoms. The summed E-state index contributed by atoms with van der Waals surface area (Å²) in [4.78, 5) is 4.34. The molecule has 0 amide bonds. The number of rotatable bonds is 4. The number of hydrazone groups is 1. The molecule has 0 fully saturated rings. The molecule has 2 aromatic carbocycles. The largest absolute Gasteiger partial charge is 0.278 e. The molecule has 114 valence electrons. The first kappa shape index (κ1) is 15.2. The lowest BCUT2D eigenvalue weighted by Gasteiger charge is -2.08. The third kappa shape index (κ3) is 3.73. The fourth-order valence-corrected chi connectivity index (χ4v) is 2.24. The number of nitrogens with one attached hydrogen (secondary N) is 1. The third-order valence-corrected chi connectivity index (χ3v) is 3.46. The normalized spacial score (nSPS) is 11.3. The SMILES string of the molecule is Fc1ccc(NN=C(c2ccccc2)c2ccccn2)cc1Cl. The molecule has 0 unspecified atom stereocenters. The number of hydrogen-bond acceptors (Lipinski definition) is 3. The van der Waals surface area contributed by atoms with Crippen molar-refractivity contribution < 1.29 is 4.39 Å². The van der Waals surface area contributed by atoms with Crippen LogP contribution in [0.5, 0.6) is 0 Å². The van der Waals surface area contributed by atoms with Gasteiger partial charge >= 0.3 is 0 Å². The van der Waals surface area contributed by atoms with Crippen LogP contribution in [0.1, 0.15) is 11.3 Å². The Hall–Kier alpha value is -2.72. The number of halogens is 2. The molecule has 3 rings (SSSR count). The predicted molar refractivity (Wildman–Crippen MR) is 91.4 cm³/mol. The van der Waals surface area contributed by atoms with Crippen molar-refractivity contribution in [2.24, 2.45) is 5.10 Å². The van der Waals surface area contributed by atoms with E-state index in [2.05, 4.69) is 15.5 Å². The van der Waals surface area contributed by atoms with E-state index < -0.39 is 5.82 Å². The molecule has 1 heterocycles. The molecular weight excluding hydrogens is 313 g/mol. The van der Waals surface area contributed by atoms with E-state index in [4.69, 9.17) is 11.6 Å². The van der Waals surface area contributed by atoms with Crippen LogP contribution in [0.25, 0.3) is 0 Å². The average molecular weight is 326 g/mol. The molecule has 1 N–H and O–H groups in total. The maximum absolute atomic E-state index is 13.2. The maximum atomic E-state index is 13.2. The first-order valence-corrected chi connectivity index (χ1v) is 7.37. The summed E-state index contributed by atoms with van der Waals surface area (Å²) in [5.41, 5.74) is 5.85. The van der Waals surface area contributed by atoms with Crippen LogP contribution in [-0.4, -0.2) is 10.7 Å². The molecule has 0 aliphatic carbocycles. The quantitative estimate of drug-likeness (QED) is 0.555. The van der Waals surface area contributed by atoms with E-state index in [9.17, 15) is 4.39 Å². The topological polar surface area (TPSA) is 37.3 Å². The highest BCUT2D eigenvalue weighted by Gasteiger charge is 2.08. The highest BCUT2D eigenvalue weighted by atomic mass is 35.5. The standard InChI is InChI=1S/C18H13ClFN3/c19-15-12-14(9-10-16(15)20)22-23-18(13-6-2-1-3-7-13)17-8-4-5-11-21-17/h1-12,22H. The van der Waals surface area contributed by atoms with Crippen molar-refractivity contribution in [1.29, 1.82) is 0 Å². The Morgan fingerprint density at radius 1 is 1.00 bits per heavy atom. The summed E-state index contributed by atoms with van der Waals surface area (Å²) in [6.45, 7) is 0. The van der Waals surface area contributed by atoms with Crippen LogP contribution in [-0.2, 0) is 0 Å². The van der Waals surface area contributed by atoms with Crippen molar-refractivity contribution in [3.63, 3.8) is 0 Å². The molecule has 0 saturated heterocycles. The smallest absolute Gasteiger partial charge is 0.141 e. The second kappa shape index (κ2) is 7.03. The molecule has 0 radical (unpaired) electrons. The minimum atomic E-state index is -0.464. The van der Waals surface area contributed by atoms with Crippen LogP contribution in [0.15, 0.2) is 78.0 Å². The van der Waals surface area contributed by atoms with Crippen LogP contribution in [0.3, 0.4) is 0 Å². The molecule has 0 atom stereocenters.